The Morgan fingerprint density at radius 1 is 1.07 bits per heavy atom. The van der Waals surface area contributed by atoms with Gasteiger partial charge in [-0.1, -0.05) is 42.1 Å². The van der Waals surface area contributed by atoms with Crippen LogP contribution in [0, 0.1) is 0 Å². The van der Waals surface area contributed by atoms with Crippen molar-refractivity contribution in [3.8, 4) is 11.4 Å². The highest BCUT2D eigenvalue weighted by Gasteiger charge is 2.26. The first-order valence-electron chi connectivity index (χ1n) is 9.27. The molecule has 9 heteroatoms. The number of hydrogen-bond acceptors (Lipinski definition) is 6. The van der Waals surface area contributed by atoms with E-state index in [0.717, 1.165) is 11.1 Å². The molecule has 0 aliphatic carbocycles. The third-order valence-corrected chi connectivity index (χ3v) is 5.34. The Morgan fingerprint density at radius 2 is 1.79 bits per heavy atom. The quantitative estimate of drug-likeness (QED) is 0.581. The zero-order chi connectivity index (χ0) is 20.6. The van der Waals surface area contributed by atoms with Crippen molar-refractivity contribution >= 4 is 23.7 Å². The van der Waals surface area contributed by atoms with Crippen LogP contribution >= 0.6 is 11.8 Å². The van der Waals surface area contributed by atoms with E-state index in [1.807, 2.05) is 54.0 Å². The van der Waals surface area contributed by atoms with E-state index in [1.54, 1.807) is 19.3 Å². The second kappa shape index (κ2) is 9.83. The van der Waals surface area contributed by atoms with E-state index in [-0.39, 0.29) is 0 Å². The fraction of sp³-hybridized carbons (Fsp3) is 0.250. The summed E-state index contributed by atoms with van der Waals surface area (Å²) in [5.41, 5.74) is 1.67. The minimum absolute atomic E-state index is 0.414. The molecular formula is C20H22N6O2S. The maximum Gasteiger partial charge on any atom is 0.321 e. The first kappa shape index (κ1) is 20.5. The third-order valence-electron chi connectivity index (χ3n) is 4.11. The number of benzene rings is 1. The van der Waals surface area contributed by atoms with Gasteiger partial charge in [0.05, 0.1) is 0 Å². The molecule has 3 aromatic rings. The van der Waals surface area contributed by atoms with Gasteiger partial charge in [-0.05, 0) is 31.5 Å². The molecule has 1 atom stereocenters. The average Bonchev–Trinajstić information content (AvgIpc) is 3.16. The number of thioether (sulfide) groups is 1. The molecule has 0 saturated carbocycles. The van der Waals surface area contributed by atoms with Gasteiger partial charge in [0.25, 0.3) is 0 Å². The molecule has 0 aliphatic rings. The van der Waals surface area contributed by atoms with Gasteiger partial charge >= 0.3 is 6.03 Å². The molecule has 0 bridgehead atoms. The molecule has 2 N–H and O–H groups in total. The minimum atomic E-state index is -0.654. The number of nitrogens with one attached hydrogen (secondary N) is 2. The monoisotopic (exact) mass is 410 g/mol. The lowest BCUT2D eigenvalue weighted by Crippen LogP contribution is -2.41. The van der Waals surface area contributed by atoms with Crippen LogP contribution in [0.2, 0.25) is 0 Å². The Hall–Kier alpha value is -3.20. The van der Waals surface area contributed by atoms with Crippen molar-refractivity contribution in [1.82, 2.24) is 30.4 Å². The summed E-state index contributed by atoms with van der Waals surface area (Å²) in [6, 6.07) is 12.5. The maximum atomic E-state index is 12.9. The Labute approximate surface area is 173 Å². The van der Waals surface area contributed by atoms with Crippen molar-refractivity contribution in [2.75, 3.05) is 6.54 Å². The second-order valence-electron chi connectivity index (χ2n) is 6.04. The van der Waals surface area contributed by atoms with Crippen LogP contribution in [0.15, 0.2) is 60.0 Å². The van der Waals surface area contributed by atoms with E-state index in [9.17, 15) is 9.59 Å². The van der Waals surface area contributed by atoms with Crippen LogP contribution in [0.5, 0.6) is 0 Å². The molecule has 8 nitrogen and oxygen atoms in total. The molecule has 0 unspecified atom stereocenters. The molecule has 0 aliphatic heterocycles. The number of urea groups is 1. The maximum absolute atomic E-state index is 12.9. The Balaban J connectivity index is 1.91. The lowest BCUT2D eigenvalue weighted by molar-refractivity contribution is -0.119. The van der Waals surface area contributed by atoms with Crippen LogP contribution < -0.4 is 10.6 Å². The zero-order valence-electron chi connectivity index (χ0n) is 16.2. The second-order valence-corrected chi connectivity index (χ2v) is 7.12. The fourth-order valence-corrected chi connectivity index (χ4v) is 3.86. The molecule has 2 aromatic heterocycles. The minimum Gasteiger partial charge on any atom is -0.338 e. The summed E-state index contributed by atoms with van der Waals surface area (Å²) < 4.78 is 1.94. The number of amides is 3. The Bertz CT molecular complexity index is 962. The number of aromatic nitrogens is 4. The first-order valence-corrected chi connectivity index (χ1v) is 10.2. The van der Waals surface area contributed by atoms with Gasteiger partial charge in [0, 0.05) is 31.0 Å². The zero-order valence-corrected chi connectivity index (χ0v) is 17.0. The number of carbonyl (C=O) groups excluding carboxylic acids is 2. The molecule has 3 amide bonds. The van der Waals surface area contributed by atoms with Gasteiger partial charge in [-0.25, -0.2) is 4.79 Å². The molecular weight excluding hydrogens is 388 g/mol. The van der Waals surface area contributed by atoms with Gasteiger partial charge in [-0.3, -0.25) is 15.1 Å². The van der Waals surface area contributed by atoms with E-state index >= 15 is 0 Å². The summed E-state index contributed by atoms with van der Waals surface area (Å²) in [7, 11) is 0. The summed E-state index contributed by atoms with van der Waals surface area (Å²) in [4.78, 5) is 28.7. The third kappa shape index (κ3) is 5.00. The van der Waals surface area contributed by atoms with Gasteiger partial charge in [0.15, 0.2) is 11.0 Å². The molecule has 0 saturated heterocycles. The molecule has 3 rings (SSSR count). The molecule has 29 heavy (non-hydrogen) atoms. The highest BCUT2D eigenvalue weighted by molar-refractivity contribution is 8.00. The lowest BCUT2D eigenvalue weighted by Gasteiger charge is -2.16. The molecule has 0 spiro atoms. The molecule has 150 valence electrons. The molecule has 0 radical (unpaired) electrons. The van der Waals surface area contributed by atoms with E-state index in [4.69, 9.17) is 0 Å². The molecule has 2 heterocycles. The van der Waals surface area contributed by atoms with Gasteiger partial charge in [0.1, 0.15) is 5.25 Å². The van der Waals surface area contributed by atoms with E-state index < -0.39 is 17.2 Å². The predicted molar refractivity (Wildman–Crippen MR) is 111 cm³/mol. The van der Waals surface area contributed by atoms with Gasteiger partial charge in [0.2, 0.25) is 5.91 Å². The topological polar surface area (TPSA) is 102 Å². The van der Waals surface area contributed by atoms with E-state index in [0.29, 0.717) is 24.1 Å². The smallest absolute Gasteiger partial charge is 0.321 e. The Kier molecular flexibility index (Phi) is 6.96. The lowest BCUT2D eigenvalue weighted by atomic mass is 10.1. The summed E-state index contributed by atoms with van der Waals surface area (Å²) in [6.45, 7) is 4.84. The SMILES string of the molecule is CCNC(=O)NC(=O)[C@@H](Sc1nnc(-c2ccncc2)n1CC)c1ccccc1. The van der Waals surface area contributed by atoms with Crippen LogP contribution in [-0.2, 0) is 11.3 Å². The fourth-order valence-electron chi connectivity index (χ4n) is 2.76. The van der Waals surface area contributed by atoms with Crippen LogP contribution in [0.4, 0.5) is 4.79 Å². The summed E-state index contributed by atoms with van der Waals surface area (Å²) in [6.07, 6.45) is 3.40. The summed E-state index contributed by atoms with van der Waals surface area (Å²) in [5, 5.41) is 13.5. The van der Waals surface area contributed by atoms with Crippen molar-refractivity contribution in [2.24, 2.45) is 0 Å². The highest BCUT2D eigenvalue weighted by Crippen LogP contribution is 2.36. The Morgan fingerprint density at radius 3 is 2.45 bits per heavy atom. The van der Waals surface area contributed by atoms with Crippen LogP contribution in [0.25, 0.3) is 11.4 Å². The van der Waals surface area contributed by atoms with Crippen molar-refractivity contribution in [1.29, 1.82) is 0 Å². The van der Waals surface area contributed by atoms with E-state index in [1.165, 1.54) is 11.8 Å². The standard InChI is InChI=1S/C20H22N6O2S/c1-3-22-19(28)23-18(27)16(14-8-6-5-7-9-14)29-20-25-24-17(26(20)4-2)15-10-12-21-13-11-15/h5-13,16H,3-4H2,1-2H3,(H2,22,23,27,28)/t16-/m0/s1. The highest BCUT2D eigenvalue weighted by atomic mass is 32.2. The van der Waals surface area contributed by atoms with Crippen LogP contribution in [0.3, 0.4) is 0 Å². The number of imide groups is 1. The number of rotatable bonds is 7. The van der Waals surface area contributed by atoms with Gasteiger partial charge < -0.3 is 9.88 Å². The number of pyridine rings is 1. The van der Waals surface area contributed by atoms with Gasteiger partial charge in [-0.15, -0.1) is 10.2 Å². The number of carbonyl (C=O) groups is 2. The van der Waals surface area contributed by atoms with Gasteiger partial charge in [-0.2, -0.15) is 0 Å². The van der Waals surface area contributed by atoms with Crippen molar-refractivity contribution < 1.29 is 9.59 Å². The van der Waals surface area contributed by atoms with Crippen molar-refractivity contribution in [3.05, 3.63) is 60.4 Å². The predicted octanol–water partition coefficient (Wildman–Crippen LogP) is 3.04. The van der Waals surface area contributed by atoms with Crippen molar-refractivity contribution in [2.45, 2.75) is 30.8 Å². The van der Waals surface area contributed by atoms with Crippen LogP contribution in [0.1, 0.15) is 24.7 Å². The summed E-state index contributed by atoms with van der Waals surface area (Å²) >= 11 is 1.26. The normalized spacial score (nSPS) is 11.7. The average molecular weight is 411 g/mol. The van der Waals surface area contributed by atoms with Crippen LogP contribution in [-0.4, -0.2) is 38.2 Å². The molecule has 0 fully saturated rings. The number of hydrogen-bond donors (Lipinski definition) is 2. The largest absolute Gasteiger partial charge is 0.338 e. The van der Waals surface area contributed by atoms with E-state index in [2.05, 4.69) is 25.8 Å². The van der Waals surface area contributed by atoms with Crippen molar-refractivity contribution in [3.63, 3.8) is 0 Å². The summed E-state index contributed by atoms with van der Waals surface area (Å²) in [5.74, 6) is 0.289. The molecule has 1 aromatic carbocycles. The number of nitrogens with zero attached hydrogens (tertiary/aromatic N) is 4. The first-order chi connectivity index (χ1) is 14.1.